The molecule has 1 atom stereocenters. The molecule has 1 unspecified atom stereocenters. The Balaban J connectivity index is 1.81. The normalized spacial score (nSPS) is 14.1. The number of benzene rings is 2. The van der Waals surface area contributed by atoms with E-state index in [1.807, 2.05) is 41.3 Å². The molecule has 172 valence electrons. The third-order valence-electron chi connectivity index (χ3n) is 6.04. The summed E-state index contributed by atoms with van der Waals surface area (Å²) in [6, 6.07) is 16.2. The zero-order valence-corrected chi connectivity index (χ0v) is 18.9. The average Bonchev–Trinajstić information content (AvgIpc) is 2.80. The lowest BCUT2D eigenvalue weighted by Crippen LogP contribution is -2.46. The van der Waals surface area contributed by atoms with Crippen LogP contribution in [0.25, 0.3) is 0 Å². The van der Waals surface area contributed by atoms with Crippen LogP contribution in [0, 0.1) is 5.82 Å². The van der Waals surface area contributed by atoms with Crippen LogP contribution in [0.5, 0.6) is 0 Å². The number of aliphatic hydroxyl groups excluding tert-OH is 1. The van der Waals surface area contributed by atoms with E-state index >= 15 is 0 Å². The molecule has 0 spiro atoms. The number of hydrogen-bond donors (Lipinski definition) is 1. The Bertz CT molecular complexity index is 1280. The van der Waals surface area contributed by atoms with E-state index < -0.39 is 6.10 Å². The number of allylic oxidation sites excluding steroid dienone is 2. The van der Waals surface area contributed by atoms with Gasteiger partial charge in [-0.05, 0) is 36.6 Å². The molecule has 7 heteroatoms. The topological polar surface area (TPSA) is 67.5 Å². The van der Waals surface area contributed by atoms with Crippen LogP contribution in [0.4, 0.5) is 10.1 Å². The van der Waals surface area contributed by atoms with Crippen LogP contribution in [0.1, 0.15) is 30.2 Å². The SMILES string of the molecule is CC(O)CCn1c(=O)c2c(n(C)c1=O)CC=C(Cc1ccc(F)cc1)N2Cc1ccccc1. The number of nitrogens with zero attached hydrogens (tertiary/aromatic N) is 3. The Morgan fingerprint density at radius 1 is 1.03 bits per heavy atom. The van der Waals surface area contributed by atoms with Crippen molar-refractivity contribution in [3.05, 3.63) is 110 Å². The van der Waals surface area contributed by atoms with Crippen molar-refractivity contribution in [1.82, 2.24) is 9.13 Å². The van der Waals surface area contributed by atoms with Crippen molar-refractivity contribution >= 4 is 5.69 Å². The fraction of sp³-hybridized carbons (Fsp3) is 0.308. The monoisotopic (exact) mass is 449 g/mol. The Hall–Kier alpha value is -3.45. The smallest absolute Gasteiger partial charge is 0.331 e. The minimum absolute atomic E-state index is 0.145. The number of rotatable bonds is 7. The van der Waals surface area contributed by atoms with E-state index in [0.717, 1.165) is 16.8 Å². The van der Waals surface area contributed by atoms with E-state index in [0.29, 0.717) is 37.2 Å². The van der Waals surface area contributed by atoms with Gasteiger partial charge in [-0.25, -0.2) is 9.18 Å². The second-order valence-corrected chi connectivity index (χ2v) is 8.51. The lowest BCUT2D eigenvalue weighted by Gasteiger charge is -2.33. The summed E-state index contributed by atoms with van der Waals surface area (Å²) in [5.41, 5.74) is 3.30. The van der Waals surface area contributed by atoms with E-state index in [-0.39, 0.29) is 23.6 Å². The van der Waals surface area contributed by atoms with Gasteiger partial charge >= 0.3 is 5.69 Å². The third-order valence-corrected chi connectivity index (χ3v) is 6.04. The van der Waals surface area contributed by atoms with E-state index in [1.54, 1.807) is 26.1 Å². The minimum Gasteiger partial charge on any atom is -0.393 e. The summed E-state index contributed by atoms with van der Waals surface area (Å²) in [6.45, 7) is 2.25. The van der Waals surface area contributed by atoms with E-state index in [4.69, 9.17) is 0 Å². The Morgan fingerprint density at radius 3 is 2.39 bits per heavy atom. The molecule has 4 rings (SSSR count). The summed E-state index contributed by atoms with van der Waals surface area (Å²) in [5, 5.41) is 9.71. The number of aliphatic hydroxyl groups is 1. The zero-order valence-electron chi connectivity index (χ0n) is 18.9. The molecule has 0 aliphatic carbocycles. The number of halogens is 1. The van der Waals surface area contributed by atoms with E-state index in [1.165, 1.54) is 21.3 Å². The Kier molecular flexibility index (Phi) is 6.60. The van der Waals surface area contributed by atoms with Gasteiger partial charge in [-0.2, -0.15) is 0 Å². The van der Waals surface area contributed by atoms with Crippen molar-refractivity contribution in [2.24, 2.45) is 7.05 Å². The van der Waals surface area contributed by atoms with Gasteiger partial charge in [0.25, 0.3) is 5.56 Å². The molecule has 0 saturated carbocycles. The first-order valence-corrected chi connectivity index (χ1v) is 11.1. The first kappa shape index (κ1) is 22.7. The van der Waals surface area contributed by atoms with E-state index in [2.05, 4.69) is 0 Å². The fourth-order valence-corrected chi connectivity index (χ4v) is 4.21. The van der Waals surface area contributed by atoms with Crippen molar-refractivity contribution in [1.29, 1.82) is 0 Å². The maximum atomic E-state index is 13.6. The summed E-state index contributed by atoms with van der Waals surface area (Å²) in [5.74, 6) is -0.293. The summed E-state index contributed by atoms with van der Waals surface area (Å²) < 4.78 is 16.2. The molecule has 33 heavy (non-hydrogen) atoms. The summed E-state index contributed by atoms with van der Waals surface area (Å²) in [6.07, 6.45) is 2.71. The number of hydrogen-bond acceptors (Lipinski definition) is 4. The van der Waals surface area contributed by atoms with Crippen LogP contribution in [-0.4, -0.2) is 20.3 Å². The standard InChI is InChI=1S/C26H28FN3O3/c1-18(31)14-15-29-25(32)24-23(28(2)26(29)33)13-12-22(16-19-8-10-21(27)11-9-19)30(24)17-20-6-4-3-5-7-20/h3-12,18,31H,13-17H2,1-2H3. The van der Waals surface area contributed by atoms with Crippen LogP contribution < -0.4 is 16.1 Å². The molecular formula is C26H28FN3O3. The molecule has 0 saturated heterocycles. The molecule has 6 nitrogen and oxygen atoms in total. The average molecular weight is 450 g/mol. The summed E-state index contributed by atoms with van der Waals surface area (Å²) in [4.78, 5) is 28.5. The van der Waals surface area contributed by atoms with Gasteiger partial charge in [0.1, 0.15) is 11.5 Å². The first-order valence-electron chi connectivity index (χ1n) is 11.1. The van der Waals surface area contributed by atoms with Gasteiger partial charge in [-0.1, -0.05) is 48.5 Å². The molecule has 2 aromatic carbocycles. The fourth-order valence-electron chi connectivity index (χ4n) is 4.21. The highest BCUT2D eigenvalue weighted by atomic mass is 19.1. The van der Waals surface area contributed by atoms with Gasteiger partial charge in [0.2, 0.25) is 0 Å². The van der Waals surface area contributed by atoms with Crippen LogP contribution in [0.2, 0.25) is 0 Å². The molecule has 1 aliphatic heterocycles. The number of aromatic nitrogens is 2. The van der Waals surface area contributed by atoms with Gasteiger partial charge in [-0.15, -0.1) is 0 Å². The Morgan fingerprint density at radius 2 is 1.73 bits per heavy atom. The highest BCUT2D eigenvalue weighted by Crippen LogP contribution is 2.29. The largest absolute Gasteiger partial charge is 0.393 e. The number of anilines is 1. The minimum atomic E-state index is -0.619. The van der Waals surface area contributed by atoms with Crippen molar-refractivity contribution in [2.45, 2.75) is 45.4 Å². The van der Waals surface area contributed by atoms with Gasteiger partial charge < -0.3 is 10.0 Å². The van der Waals surface area contributed by atoms with Crippen molar-refractivity contribution in [3.63, 3.8) is 0 Å². The molecule has 1 aromatic heterocycles. The first-order chi connectivity index (χ1) is 15.8. The molecule has 0 bridgehead atoms. The highest BCUT2D eigenvalue weighted by Gasteiger charge is 2.28. The Labute approximate surface area is 191 Å². The predicted octanol–water partition coefficient (Wildman–Crippen LogP) is 3.15. The maximum Gasteiger partial charge on any atom is 0.331 e. The van der Waals surface area contributed by atoms with Crippen LogP contribution in [0.15, 0.2) is 76.0 Å². The third kappa shape index (κ3) is 4.83. The van der Waals surface area contributed by atoms with Crippen LogP contribution in [0.3, 0.4) is 0 Å². The molecule has 2 heterocycles. The summed E-state index contributed by atoms with van der Waals surface area (Å²) in [7, 11) is 1.68. The second-order valence-electron chi connectivity index (χ2n) is 8.51. The predicted molar refractivity (Wildman–Crippen MR) is 127 cm³/mol. The van der Waals surface area contributed by atoms with Gasteiger partial charge in [0.15, 0.2) is 0 Å². The second kappa shape index (κ2) is 9.58. The van der Waals surface area contributed by atoms with Crippen LogP contribution in [-0.2, 0) is 33.0 Å². The maximum absolute atomic E-state index is 13.6. The quantitative estimate of drug-likeness (QED) is 0.602. The number of fused-ring (bicyclic) bond motifs is 1. The molecule has 0 radical (unpaired) electrons. The molecule has 3 aromatic rings. The van der Waals surface area contributed by atoms with E-state index in [9.17, 15) is 19.1 Å². The van der Waals surface area contributed by atoms with Gasteiger partial charge in [-0.3, -0.25) is 13.9 Å². The van der Waals surface area contributed by atoms with Crippen LogP contribution >= 0.6 is 0 Å². The molecule has 0 fully saturated rings. The van der Waals surface area contributed by atoms with Crippen molar-refractivity contribution < 1.29 is 9.50 Å². The molecule has 1 aliphatic rings. The van der Waals surface area contributed by atoms with Gasteiger partial charge in [0, 0.05) is 38.7 Å². The molecular weight excluding hydrogens is 421 g/mol. The lowest BCUT2D eigenvalue weighted by atomic mass is 10.0. The summed E-state index contributed by atoms with van der Waals surface area (Å²) >= 11 is 0. The lowest BCUT2D eigenvalue weighted by molar-refractivity contribution is 0.176. The molecule has 0 amide bonds. The molecule has 1 N–H and O–H groups in total. The zero-order chi connectivity index (χ0) is 23.5. The van der Waals surface area contributed by atoms with Crippen molar-refractivity contribution in [2.75, 3.05) is 4.90 Å². The van der Waals surface area contributed by atoms with Gasteiger partial charge in [0.05, 0.1) is 11.8 Å². The van der Waals surface area contributed by atoms with Crippen molar-refractivity contribution in [3.8, 4) is 0 Å². The highest BCUT2D eigenvalue weighted by molar-refractivity contribution is 5.59.